The van der Waals surface area contributed by atoms with E-state index in [-0.39, 0.29) is 6.04 Å². The first-order valence-corrected chi connectivity index (χ1v) is 11.3. The molecule has 3 aliphatic heterocycles. The van der Waals surface area contributed by atoms with Gasteiger partial charge in [0.05, 0.1) is 31.6 Å². The summed E-state index contributed by atoms with van der Waals surface area (Å²) in [6.07, 6.45) is 6.56. The number of carbonyl (C=O) groups is 2. The van der Waals surface area contributed by atoms with Crippen LogP contribution in [0.1, 0.15) is 39.2 Å². The highest BCUT2D eigenvalue weighted by Gasteiger charge is 2.42. The van der Waals surface area contributed by atoms with Gasteiger partial charge in [-0.3, -0.25) is 14.2 Å². The van der Waals surface area contributed by atoms with E-state index in [0.717, 1.165) is 31.0 Å². The van der Waals surface area contributed by atoms with E-state index in [1.807, 2.05) is 19.3 Å². The number of amides is 3. The number of nitrogens with zero attached hydrogens (tertiary/aromatic N) is 5. The van der Waals surface area contributed by atoms with Gasteiger partial charge in [0.2, 0.25) is 6.41 Å². The molecule has 14 nitrogen and oxygen atoms in total. The highest BCUT2D eigenvalue weighted by molar-refractivity contribution is 7.80. The lowest BCUT2D eigenvalue weighted by molar-refractivity contribution is -0.118. The van der Waals surface area contributed by atoms with Gasteiger partial charge in [-0.2, -0.15) is 28.5 Å². The van der Waals surface area contributed by atoms with Crippen molar-refractivity contribution in [2.24, 2.45) is 0 Å². The minimum atomic E-state index is -4.60. The maximum atomic E-state index is 11.4. The van der Waals surface area contributed by atoms with Crippen LogP contribution in [0.4, 0.5) is 4.79 Å². The second kappa shape index (κ2) is 13.9. The summed E-state index contributed by atoms with van der Waals surface area (Å²) < 4.78 is 33.5. The molecular weight excluding hydrogens is 434 g/mol. The first-order chi connectivity index (χ1) is 14.9. The van der Waals surface area contributed by atoms with Gasteiger partial charge in [-0.1, -0.05) is 13.8 Å². The summed E-state index contributed by atoms with van der Waals surface area (Å²) in [5.41, 5.74) is 1.93. The smallest absolute Gasteiger partial charge is 0.321 e. The molecule has 3 aliphatic rings. The number of hydrogen-bond acceptors (Lipinski definition) is 9. The standard InChI is InChI=1S/C6H10N4.C6H10N2O5S.C2H5NO2.C2H6/c1-2-7-5-6(1)10-8-3-4-9-10;9-6-7-3-1-2-5(4-7)8(6)13-14(10,11)12;1-5-3-2-4;1-2/h3-4,6-7H,1-2,5H2;5H,1-4H2,(H,10,11,12);2H,1H3,(H,3,4);1-2H3. The summed E-state index contributed by atoms with van der Waals surface area (Å²) in [6, 6.07) is -0.279. The number of urea groups is 1. The molecule has 0 radical (unpaired) electrons. The predicted molar refractivity (Wildman–Crippen MR) is 109 cm³/mol. The molecule has 0 aromatic carbocycles. The molecule has 15 heteroatoms. The zero-order valence-corrected chi connectivity index (χ0v) is 18.7. The van der Waals surface area contributed by atoms with Crippen LogP contribution in [0, 0.1) is 0 Å². The molecule has 4 rings (SSSR count). The molecule has 1 aromatic heterocycles. The molecule has 0 spiro atoms. The van der Waals surface area contributed by atoms with Crippen molar-refractivity contribution < 1.29 is 31.7 Å². The van der Waals surface area contributed by atoms with E-state index in [4.69, 9.17) is 9.35 Å². The zero-order chi connectivity index (χ0) is 23.3. The Labute approximate surface area is 181 Å². The molecule has 3 saturated heterocycles. The largest absolute Gasteiger partial charge is 0.418 e. The number of rotatable bonds is 5. The Morgan fingerprint density at radius 1 is 1.26 bits per heavy atom. The maximum absolute atomic E-state index is 11.4. The third kappa shape index (κ3) is 9.14. The van der Waals surface area contributed by atoms with Gasteiger partial charge in [0, 0.05) is 19.6 Å². The molecule has 1 aromatic rings. The van der Waals surface area contributed by atoms with E-state index in [0.29, 0.717) is 32.0 Å². The second-order valence-corrected chi connectivity index (χ2v) is 7.29. The minimum absolute atomic E-state index is 0.266. The quantitative estimate of drug-likeness (QED) is 0.299. The lowest BCUT2D eigenvalue weighted by atomic mass is 10.1. The number of piperidine rings is 1. The Bertz CT molecular complexity index is 742. The first-order valence-electron chi connectivity index (χ1n) is 9.89. The Balaban J connectivity index is 0.000000247. The third-order valence-electron chi connectivity index (χ3n) is 4.33. The van der Waals surface area contributed by atoms with Gasteiger partial charge in [0.15, 0.2) is 0 Å². The molecule has 3 amide bonds. The Morgan fingerprint density at radius 2 is 1.94 bits per heavy atom. The zero-order valence-electron chi connectivity index (χ0n) is 17.9. The number of hydroxylamine groups is 3. The van der Waals surface area contributed by atoms with Crippen molar-refractivity contribution in [3.05, 3.63) is 12.4 Å². The van der Waals surface area contributed by atoms with E-state index in [1.54, 1.807) is 17.2 Å². The topological polar surface area (TPSA) is 168 Å². The molecule has 3 fully saturated rings. The van der Waals surface area contributed by atoms with Crippen LogP contribution in [-0.4, -0.2) is 89.7 Å². The number of aromatic nitrogens is 3. The van der Waals surface area contributed by atoms with Crippen LogP contribution in [0.3, 0.4) is 0 Å². The van der Waals surface area contributed by atoms with Crippen LogP contribution in [0.2, 0.25) is 0 Å². The molecule has 2 bridgehead atoms. The lowest BCUT2D eigenvalue weighted by Crippen LogP contribution is -2.35. The van der Waals surface area contributed by atoms with Crippen molar-refractivity contribution in [3.63, 3.8) is 0 Å². The van der Waals surface area contributed by atoms with Crippen molar-refractivity contribution in [1.82, 2.24) is 35.8 Å². The van der Waals surface area contributed by atoms with E-state index in [1.165, 1.54) is 12.0 Å². The van der Waals surface area contributed by atoms with Crippen LogP contribution in [0.25, 0.3) is 0 Å². The first kappa shape index (κ1) is 26.7. The summed E-state index contributed by atoms with van der Waals surface area (Å²) in [5.74, 6) is 0. The van der Waals surface area contributed by atoms with E-state index in [9.17, 15) is 13.2 Å². The SMILES string of the molecule is CC.CONC=O.O=C1N2CCCC(C2)N1OS(=O)(=O)O.c1cnn(C2CCNC2)n1. The van der Waals surface area contributed by atoms with Gasteiger partial charge in [-0.05, 0) is 25.8 Å². The van der Waals surface area contributed by atoms with Crippen LogP contribution in [0.5, 0.6) is 0 Å². The fourth-order valence-electron chi connectivity index (χ4n) is 3.11. The second-order valence-electron chi connectivity index (χ2n) is 6.29. The van der Waals surface area contributed by atoms with Crippen LogP contribution >= 0.6 is 0 Å². The van der Waals surface area contributed by atoms with Gasteiger partial charge in [-0.25, -0.2) is 10.3 Å². The van der Waals surface area contributed by atoms with Gasteiger partial charge in [0.25, 0.3) is 0 Å². The Hall–Kier alpha value is -2.33. The van der Waals surface area contributed by atoms with E-state index in [2.05, 4.69) is 24.6 Å². The van der Waals surface area contributed by atoms with Gasteiger partial charge >= 0.3 is 16.4 Å². The number of hydrogen-bond donors (Lipinski definition) is 3. The van der Waals surface area contributed by atoms with Crippen LogP contribution < -0.4 is 10.8 Å². The van der Waals surface area contributed by atoms with Crippen molar-refractivity contribution in [1.29, 1.82) is 0 Å². The summed E-state index contributed by atoms with van der Waals surface area (Å²) in [6.45, 7) is 7.18. The van der Waals surface area contributed by atoms with Gasteiger partial charge in [0.1, 0.15) is 0 Å². The van der Waals surface area contributed by atoms with Crippen molar-refractivity contribution >= 4 is 22.8 Å². The van der Waals surface area contributed by atoms with Crippen LogP contribution in [0.15, 0.2) is 12.4 Å². The molecule has 3 N–H and O–H groups in total. The highest BCUT2D eigenvalue weighted by atomic mass is 32.3. The highest BCUT2D eigenvalue weighted by Crippen LogP contribution is 2.26. The van der Waals surface area contributed by atoms with Crippen molar-refractivity contribution in [2.75, 3.05) is 33.3 Å². The van der Waals surface area contributed by atoms with Gasteiger partial charge in [-0.15, -0.1) is 4.28 Å². The third-order valence-corrected chi connectivity index (χ3v) is 4.67. The summed E-state index contributed by atoms with van der Waals surface area (Å²) in [7, 11) is -3.23. The molecule has 4 heterocycles. The van der Waals surface area contributed by atoms with E-state index >= 15 is 0 Å². The lowest BCUT2D eigenvalue weighted by Gasteiger charge is -2.20. The fourth-order valence-corrected chi connectivity index (χ4v) is 3.50. The monoisotopic (exact) mass is 465 g/mol. The molecule has 2 atom stereocenters. The predicted octanol–water partition coefficient (Wildman–Crippen LogP) is -0.247. The number of nitrogens with one attached hydrogen (secondary N) is 2. The summed E-state index contributed by atoms with van der Waals surface area (Å²) in [5, 5.41) is 12.1. The van der Waals surface area contributed by atoms with Crippen LogP contribution in [-0.2, 0) is 24.3 Å². The normalized spacial score (nSPS) is 21.7. The number of carbonyl (C=O) groups excluding carboxylic acids is 2. The van der Waals surface area contributed by atoms with Crippen molar-refractivity contribution in [2.45, 2.75) is 45.2 Å². The summed E-state index contributed by atoms with van der Waals surface area (Å²) in [4.78, 5) is 27.9. The maximum Gasteiger partial charge on any atom is 0.418 e. The van der Waals surface area contributed by atoms with Crippen molar-refractivity contribution in [3.8, 4) is 0 Å². The Morgan fingerprint density at radius 3 is 2.39 bits per heavy atom. The van der Waals surface area contributed by atoms with E-state index < -0.39 is 16.4 Å². The molecule has 2 unspecified atom stereocenters. The average Bonchev–Trinajstić information content (AvgIpc) is 3.50. The number of fused-ring (bicyclic) bond motifs is 2. The molecule has 0 aliphatic carbocycles. The molecule has 31 heavy (non-hydrogen) atoms. The molecular formula is C16H31N7O7S. The molecule has 0 saturated carbocycles. The Kier molecular flexibility index (Phi) is 11.9. The molecule has 178 valence electrons. The fraction of sp³-hybridized carbons (Fsp3) is 0.750. The average molecular weight is 466 g/mol. The summed E-state index contributed by atoms with van der Waals surface area (Å²) >= 11 is 0. The van der Waals surface area contributed by atoms with Gasteiger partial charge < -0.3 is 10.2 Å². The minimum Gasteiger partial charge on any atom is -0.321 e.